The van der Waals surface area contributed by atoms with E-state index in [1.165, 1.54) is 9.36 Å². The second-order valence-corrected chi connectivity index (χ2v) is 7.22. The molecule has 0 amide bonds. The van der Waals surface area contributed by atoms with Gasteiger partial charge in [0.15, 0.2) is 11.2 Å². The van der Waals surface area contributed by atoms with Crippen LogP contribution in [0.25, 0.3) is 22.6 Å². The van der Waals surface area contributed by atoms with Crippen LogP contribution in [0.5, 0.6) is 0 Å². The van der Waals surface area contributed by atoms with Gasteiger partial charge in [0.25, 0.3) is 5.56 Å². The minimum absolute atomic E-state index is 0.239. The molecule has 0 aliphatic heterocycles. The number of benzene rings is 1. The zero-order valence-electron chi connectivity index (χ0n) is 17.3. The summed E-state index contributed by atoms with van der Waals surface area (Å²) in [6.45, 7) is 7.26. The Labute approximate surface area is 172 Å². The lowest BCUT2D eigenvalue weighted by molar-refractivity contribution is 0.536. The van der Waals surface area contributed by atoms with Crippen LogP contribution in [0.15, 0.2) is 33.9 Å². The van der Waals surface area contributed by atoms with Crippen LogP contribution in [0.3, 0.4) is 0 Å². The van der Waals surface area contributed by atoms with E-state index in [2.05, 4.69) is 25.4 Å². The number of aryl methyl sites for hydroxylation is 3. The largest absolute Gasteiger partial charge is 0.330 e. The van der Waals surface area contributed by atoms with Crippen LogP contribution in [-0.2, 0) is 19.6 Å². The summed E-state index contributed by atoms with van der Waals surface area (Å²) in [4.78, 5) is 33.3. The first-order valence-corrected chi connectivity index (χ1v) is 10.1. The predicted octanol–water partition coefficient (Wildman–Crippen LogP) is 1.72. The zero-order chi connectivity index (χ0) is 21.3. The molecule has 10 nitrogen and oxygen atoms in total. The van der Waals surface area contributed by atoms with Gasteiger partial charge in [-0.1, -0.05) is 43.2 Å². The van der Waals surface area contributed by atoms with Crippen molar-refractivity contribution in [2.24, 2.45) is 0 Å². The summed E-state index contributed by atoms with van der Waals surface area (Å²) in [5.74, 6) is 1.12. The Morgan fingerprint density at radius 3 is 2.53 bits per heavy atom. The predicted molar refractivity (Wildman–Crippen MR) is 112 cm³/mol. The van der Waals surface area contributed by atoms with Gasteiger partial charge >= 0.3 is 5.69 Å². The van der Waals surface area contributed by atoms with Crippen LogP contribution < -0.4 is 11.2 Å². The average Bonchev–Trinajstić information content (AvgIpc) is 3.33. The number of tetrazole rings is 1. The summed E-state index contributed by atoms with van der Waals surface area (Å²) < 4.78 is 3.33. The standard InChI is InChI=1S/C20H24N8O2/c1-4-6-11-27-18-16(19(29)22-20(27)30)26(5-2)15(21-18)12-28-24-17(23-25-28)14-9-7-13(3)8-10-14/h7-10H,4-6,11-12H2,1-3H3,(H,22,29,30). The molecule has 10 heteroatoms. The average molecular weight is 408 g/mol. The monoisotopic (exact) mass is 408 g/mol. The molecule has 4 rings (SSSR count). The van der Waals surface area contributed by atoms with Crippen molar-refractivity contribution >= 4 is 11.2 Å². The summed E-state index contributed by atoms with van der Waals surface area (Å²) in [6.07, 6.45) is 1.75. The first-order valence-electron chi connectivity index (χ1n) is 10.1. The van der Waals surface area contributed by atoms with Crippen molar-refractivity contribution in [2.45, 2.75) is 53.2 Å². The van der Waals surface area contributed by atoms with E-state index in [1.54, 1.807) is 4.57 Å². The lowest BCUT2D eigenvalue weighted by Gasteiger charge is -2.06. The summed E-state index contributed by atoms with van der Waals surface area (Å²) in [6, 6.07) is 7.89. The fourth-order valence-corrected chi connectivity index (χ4v) is 3.46. The first kappa shape index (κ1) is 19.7. The second kappa shape index (κ2) is 8.05. The highest BCUT2D eigenvalue weighted by Crippen LogP contribution is 2.16. The van der Waals surface area contributed by atoms with Crippen LogP contribution in [0, 0.1) is 6.92 Å². The van der Waals surface area contributed by atoms with E-state index < -0.39 is 11.2 Å². The molecule has 0 radical (unpaired) electrons. The molecular weight excluding hydrogens is 384 g/mol. The maximum absolute atomic E-state index is 12.5. The van der Waals surface area contributed by atoms with Crippen molar-refractivity contribution in [1.82, 2.24) is 39.3 Å². The molecule has 0 saturated heterocycles. The molecule has 0 aliphatic carbocycles. The third-order valence-corrected chi connectivity index (χ3v) is 5.06. The SMILES string of the molecule is CCCCn1c(=O)[nH]c(=O)c2c1nc(Cn1nnc(-c3ccc(C)cc3)n1)n2CC. The molecule has 1 aromatic carbocycles. The number of fused-ring (bicyclic) bond motifs is 1. The van der Waals surface area contributed by atoms with Crippen molar-refractivity contribution in [3.8, 4) is 11.4 Å². The lowest BCUT2D eigenvalue weighted by Crippen LogP contribution is -2.31. The van der Waals surface area contributed by atoms with E-state index in [-0.39, 0.29) is 6.54 Å². The van der Waals surface area contributed by atoms with E-state index in [0.717, 1.165) is 24.0 Å². The van der Waals surface area contributed by atoms with Gasteiger partial charge in [0, 0.05) is 18.7 Å². The number of unbranched alkanes of at least 4 members (excludes halogenated alkanes) is 1. The van der Waals surface area contributed by atoms with E-state index in [1.807, 2.05) is 45.0 Å². The fraction of sp³-hybridized carbons (Fsp3) is 0.400. The summed E-state index contributed by atoms with van der Waals surface area (Å²) in [5.41, 5.74) is 1.95. The number of rotatable bonds is 7. The molecule has 4 aromatic rings. The highest BCUT2D eigenvalue weighted by Gasteiger charge is 2.19. The Hall–Kier alpha value is -3.56. The van der Waals surface area contributed by atoms with E-state index in [0.29, 0.717) is 35.9 Å². The van der Waals surface area contributed by atoms with E-state index in [9.17, 15) is 9.59 Å². The summed E-state index contributed by atoms with van der Waals surface area (Å²) >= 11 is 0. The molecule has 0 saturated carbocycles. The zero-order valence-corrected chi connectivity index (χ0v) is 17.3. The van der Waals surface area contributed by atoms with E-state index >= 15 is 0 Å². The number of nitrogens with zero attached hydrogens (tertiary/aromatic N) is 7. The number of hydrogen-bond acceptors (Lipinski definition) is 6. The Morgan fingerprint density at radius 2 is 1.83 bits per heavy atom. The molecule has 0 fully saturated rings. The Kier molecular flexibility index (Phi) is 5.30. The summed E-state index contributed by atoms with van der Waals surface area (Å²) in [7, 11) is 0. The molecule has 1 N–H and O–H groups in total. The van der Waals surface area contributed by atoms with Crippen molar-refractivity contribution < 1.29 is 0 Å². The maximum atomic E-state index is 12.5. The van der Waals surface area contributed by atoms with Crippen LogP contribution in [-0.4, -0.2) is 39.3 Å². The minimum Gasteiger partial charge on any atom is -0.321 e. The normalized spacial score (nSPS) is 11.4. The molecule has 3 aromatic heterocycles. The van der Waals surface area contributed by atoms with Gasteiger partial charge in [0.05, 0.1) is 0 Å². The smallest absolute Gasteiger partial charge is 0.321 e. The number of hydrogen-bond donors (Lipinski definition) is 1. The van der Waals surface area contributed by atoms with Gasteiger partial charge < -0.3 is 4.57 Å². The molecule has 0 bridgehead atoms. The van der Waals surface area contributed by atoms with Gasteiger partial charge in [-0.3, -0.25) is 14.3 Å². The molecular formula is C20H24N8O2. The van der Waals surface area contributed by atoms with Crippen LogP contribution in [0.1, 0.15) is 38.1 Å². The van der Waals surface area contributed by atoms with Crippen LogP contribution >= 0.6 is 0 Å². The number of aromatic nitrogens is 8. The van der Waals surface area contributed by atoms with Gasteiger partial charge in [-0.05, 0) is 25.5 Å². The Bertz CT molecular complexity index is 1290. The molecule has 0 spiro atoms. The van der Waals surface area contributed by atoms with Crippen LogP contribution in [0.4, 0.5) is 0 Å². The maximum Gasteiger partial charge on any atom is 0.330 e. The van der Waals surface area contributed by atoms with Gasteiger partial charge in [0.2, 0.25) is 5.82 Å². The lowest BCUT2D eigenvalue weighted by atomic mass is 10.1. The third-order valence-electron chi connectivity index (χ3n) is 5.06. The summed E-state index contributed by atoms with van der Waals surface area (Å²) in [5, 5.41) is 12.7. The van der Waals surface area contributed by atoms with E-state index in [4.69, 9.17) is 0 Å². The topological polar surface area (TPSA) is 116 Å². The highest BCUT2D eigenvalue weighted by molar-refractivity contribution is 5.71. The van der Waals surface area contributed by atoms with Gasteiger partial charge in [0.1, 0.15) is 12.4 Å². The van der Waals surface area contributed by atoms with Gasteiger partial charge in [-0.2, -0.15) is 4.80 Å². The molecule has 0 unspecified atom stereocenters. The van der Waals surface area contributed by atoms with Gasteiger partial charge in [-0.15, -0.1) is 10.2 Å². The van der Waals surface area contributed by atoms with Crippen molar-refractivity contribution in [3.05, 3.63) is 56.5 Å². The molecule has 0 atom stereocenters. The van der Waals surface area contributed by atoms with Crippen molar-refractivity contribution in [3.63, 3.8) is 0 Å². The molecule has 30 heavy (non-hydrogen) atoms. The number of H-pyrrole nitrogens is 1. The molecule has 3 heterocycles. The highest BCUT2D eigenvalue weighted by atomic mass is 16.2. The molecule has 156 valence electrons. The van der Waals surface area contributed by atoms with Crippen molar-refractivity contribution in [1.29, 1.82) is 0 Å². The van der Waals surface area contributed by atoms with Gasteiger partial charge in [-0.25, -0.2) is 9.78 Å². The quantitative estimate of drug-likeness (QED) is 0.498. The fourth-order valence-electron chi connectivity index (χ4n) is 3.46. The first-order chi connectivity index (χ1) is 14.5. The number of aromatic amines is 1. The second-order valence-electron chi connectivity index (χ2n) is 7.22. The minimum atomic E-state index is -0.436. The number of imidazole rings is 1. The molecule has 0 aliphatic rings. The number of nitrogens with one attached hydrogen (secondary N) is 1. The Balaban J connectivity index is 1.74. The third kappa shape index (κ3) is 3.56. The Morgan fingerprint density at radius 1 is 1.07 bits per heavy atom. The van der Waals surface area contributed by atoms with Crippen molar-refractivity contribution in [2.75, 3.05) is 0 Å². The van der Waals surface area contributed by atoms with Crippen LogP contribution in [0.2, 0.25) is 0 Å².